The quantitative estimate of drug-likeness (QED) is 0.324. The Bertz CT molecular complexity index is 1130. The van der Waals surface area contributed by atoms with Crippen LogP contribution in [0.4, 0.5) is 17.3 Å². The van der Waals surface area contributed by atoms with E-state index >= 15 is 0 Å². The van der Waals surface area contributed by atoms with Crippen LogP contribution in [0.25, 0.3) is 11.0 Å². The van der Waals surface area contributed by atoms with Gasteiger partial charge in [0.25, 0.3) is 0 Å². The Hall–Kier alpha value is -3.53. The van der Waals surface area contributed by atoms with Crippen molar-refractivity contribution >= 4 is 40.2 Å². The van der Waals surface area contributed by atoms with E-state index in [0.29, 0.717) is 29.5 Å². The first-order chi connectivity index (χ1) is 14.7. The molecule has 4 aromatic rings. The van der Waals surface area contributed by atoms with Crippen molar-refractivity contribution in [1.82, 2.24) is 15.4 Å². The summed E-state index contributed by atoms with van der Waals surface area (Å²) in [5.41, 5.74) is 1.33. The molecule has 4 rings (SSSR count). The van der Waals surface area contributed by atoms with Crippen LogP contribution in [0.5, 0.6) is 17.2 Å². The number of rotatable bonds is 9. The molecule has 3 N–H and O–H groups in total. The van der Waals surface area contributed by atoms with Crippen LogP contribution >= 0.6 is 11.9 Å². The Labute approximate surface area is 177 Å². The summed E-state index contributed by atoms with van der Waals surface area (Å²) in [6, 6.07) is 11.2. The van der Waals surface area contributed by atoms with Gasteiger partial charge in [0.05, 0.1) is 38.1 Å². The fourth-order valence-electron chi connectivity index (χ4n) is 2.90. The molecule has 0 aliphatic rings. The molecule has 0 spiro atoms. The zero-order valence-corrected chi connectivity index (χ0v) is 17.5. The number of H-pyrrole nitrogens is 1. The van der Waals surface area contributed by atoms with Crippen molar-refractivity contribution in [3.05, 3.63) is 42.6 Å². The fraction of sp³-hybridized carbons (Fsp3) is 0.200. The van der Waals surface area contributed by atoms with Crippen LogP contribution < -0.4 is 24.2 Å². The Morgan fingerprint density at radius 2 is 1.93 bits per heavy atom. The second kappa shape index (κ2) is 8.87. The van der Waals surface area contributed by atoms with Crippen LogP contribution in [0.15, 0.2) is 52.0 Å². The molecule has 0 aliphatic carbocycles. The number of benzene rings is 2. The second-order valence-electron chi connectivity index (χ2n) is 6.10. The molecule has 0 saturated carbocycles. The molecule has 2 aromatic carbocycles. The third kappa shape index (κ3) is 3.94. The van der Waals surface area contributed by atoms with E-state index < -0.39 is 0 Å². The molecule has 0 unspecified atom stereocenters. The summed E-state index contributed by atoms with van der Waals surface area (Å²) in [7, 11) is 3.23. The van der Waals surface area contributed by atoms with Gasteiger partial charge in [0.15, 0.2) is 11.4 Å². The van der Waals surface area contributed by atoms with Gasteiger partial charge in [-0.05, 0) is 37.1 Å². The van der Waals surface area contributed by atoms with Gasteiger partial charge in [-0.1, -0.05) is 11.2 Å². The van der Waals surface area contributed by atoms with Crippen molar-refractivity contribution in [2.45, 2.75) is 11.8 Å². The molecule has 0 aliphatic heterocycles. The van der Waals surface area contributed by atoms with Gasteiger partial charge < -0.3 is 28.8 Å². The van der Waals surface area contributed by atoms with Crippen molar-refractivity contribution in [2.24, 2.45) is 0 Å². The van der Waals surface area contributed by atoms with E-state index in [0.717, 1.165) is 27.5 Å². The number of aromatic nitrogens is 3. The number of ether oxygens (including phenoxy) is 3. The van der Waals surface area contributed by atoms with Crippen LogP contribution in [0.3, 0.4) is 0 Å². The zero-order valence-electron chi connectivity index (χ0n) is 16.7. The summed E-state index contributed by atoms with van der Waals surface area (Å²) in [5, 5.41) is 14.9. The molecule has 10 heteroatoms. The van der Waals surface area contributed by atoms with Crippen molar-refractivity contribution in [2.75, 3.05) is 30.9 Å². The van der Waals surface area contributed by atoms with Gasteiger partial charge in [-0.15, -0.1) is 0 Å². The second-order valence-corrected chi connectivity index (χ2v) is 6.92. The third-order valence-electron chi connectivity index (χ3n) is 4.27. The maximum atomic E-state index is 5.72. The van der Waals surface area contributed by atoms with E-state index in [1.165, 1.54) is 11.9 Å². The number of fused-ring (bicyclic) bond motifs is 1. The van der Waals surface area contributed by atoms with Crippen molar-refractivity contribution in [3.63, 3.8) is 0 Å². The minimum Gasteiger partial charge on any atom is -0.495 e. The van der Waals surface area contributed by atoms with Gasteiger partial charge in [0.1, 0.15) is 28.0 Å². The van der Waals surface area contributed by atoms with Crippen LogP contribution in [0, 0.1) is 0 Å². The molecule has 2 heterocycles. The Morgan fingerprint density at radius 3 is 2.67 bits per heavy atom. The molecule has 0 fully saturated rings. The summed E-state index contributed by atoms with van der Waals surface area (Å²) in [6.07, 6.45) is 1.66. The van der Waals surface area contributed by atoms with Crippen LogP contribution in [0.1, 0.15) is 6.92 Å². The van der Waals surface area contributed by atoms with E-state index in [1.807, 2.05) is 43.3 Å². The Kier molecular flexibility index (Phi) is 5.84. The van der Waals surface area contributed by atoms with Crippen LogP contribution in [-0.4, -0.2) is 36.2 Å². The Balaban J connectivity index is 1.62. The highest BCUT2D eigenvalue weighted by atomic mass is 32.2. The fourth-order valence-corrected chi connectivity index (χ4v) is 3.73. The minimum atomic E-state index is 0.553. The topological polar surface area (TPSA) is 106 Å². The molecule has 156 valence electrons. The van der Waals surface area contributed by atoms with E-state index in [2.05, 4.69) is 25.4 Å². The van der Waals surface area contributed by atoms with Gasteiger partial charge in [0.2, 0.25) is 0 Å². The number of methoxy groups -OCH3 is 2. The SMILES string of the molecule is CCOc1cccc(OC)c1SNc1noc2cc(Nc3ccn[nH]3)c(OC)cc12. The predicted octanol–water partition coefficient (Wildman–Crippen LogP) is 4.83. The summed E-state index contributed by atoms with van der Waals surface area (Å²) >= 11 is 1.34. The molecule has 2 aromatic heterocycles. The lowest BCUT2D eigenvalue weighted by Crippen LogP contribution is -1.98. The number of aromatic amines is 1. The lowest BCUT2D eigenvalue weighted by molar-refractivity contribution is 0.324. The maximum absolute atomic E-state index is 5.72. The normalized spacial score (nSPS) is 10.8. The van der Waals surface area contributed by atoms with Crippen LogP contribution in [0.2, 0.25) is 0 Å². The number of hydrogen-bond acceptors (Lipinski definition) is 9. The first kappa shape index (κ1) is 19.8. The zero-order chi connectivity index (χ0) is 20.9. The smallest absolute Gasteiger partial charge is 0.187 e. The predicted molar refractivity (Wildman–Crippen MR) is 116 cm³/mol. The number of nitrogens with zero attached hydrogens (tertiary/aromatic N) is 2. The summed E-state index contributed by atoms with van der Waals surface area (Å²) in [6.45, 7) is 2.49. The molecular formula is C20H21N5O4S. The lowest BCUT2D eigenvalue weighted by atomic mass is 10.2. The molecule has 0 radical (unpaired) electrons. The van der Waals surface area contributed by atoms with Gasteiger partial charge in [0, 0.05) is 12.1 Å². The molecular weight excluding hydrogens is 406 g/mol. The van der Waals surface area contributed by atoms with Crippen molar-refractivity contribution in [3.8, 4) is 17.2 Å². The minimum absolute atomic E-state index is 0.553. The van der Waals surface area contributed by atoms with E-state index in [-0.39, 0.29) is 0 Å². The third-order valence-corrected chi connectivity index (χ3v) is 5.18. The molecule has 0 bridgehead atoms. The highest BCUT2D eigenvalue weighted by Gasteiger charge is 2.17. The first-order valence-electron chi connectivity index (χ1n) is 9.20. The summed E-state index contributed by atoms with van der Waals surface area (Å²) in [4.78, 5) is 0.822. The number of anilines is 3. The van der Waals surface area contributed by atoms with Crippen molar-refractivity contribution in [1.29, 1.82) is 0 Å². The van der Waals surface area contributed by atoms with Gasteiger partial charge >= 0.3 is 0 Å². The number of nitrogens with one attached hydrogen (secondary N) is 3. The largest absolute Gasteiger partial charge is 0.495 e. The molecule has 0 atom stereocenters. The summed E-state index contributed by atoms with van der Waals surface area (Å²) in [5.74, 6) is 3.37. The van der Waals surface area contributed by atoms with E-state index in [1.54, 1.807) is 20.4 Å². The summed E-state index contributed by atoms with van der Waals surface area (Å²) < 4.78 is 25.5. The molecule has 9 nitrogen and oxygen atoms in total. The Morgan fingerprint density at radius 1 is 1.10 bits per heavy atom. The van der Waals surface area contributed by atoms with Gasteiger partial charge in [-0.2, -0.15) is 5.10 Å². The van der Waals surface area contributed by atoms with Gasteiger partial charge in [-0.25, -0.2) is 0 Å². The average molecular weight is 427 g/mol. The highest BCUT2D eigenvalue weighted by Crippen LogP contribution is 2.40. The van der Waals surface area contributed by atoms with Gasteiger partial charge in [-0.3, -0.25) is 5.10 Å². The standard InChI is InChI=1S/C20H21N5O4S/c1-4-28-15-7-5-6-14(26-2)19(15)30-25-20-12-10-17(27-3)13(11-16(12)29-24-20)22-18-8-9-21-23-18/h5-11H,4H2,1-3H3,(H,24,25)(H2,21,22,23). The lowest BCUT2D eigenvalue weighted by Gasteiger charge is -2.13. The van der Waals surface area contributed by atoms with E-state index in [4.69, 9.17) is 18.7 Å². The first-order valence-corrected chi connectivity index (χ1v) is 10.0. The average Bonchev–Trinajstić information content (AvgIpc) is 3.42. The molecule has 0 amide bonds. The number of hydrogen-bond donors (Lipinski definition) is 3. The maximum Gasteiger partial charge on any atom is 0.187 e. The molecule has 30 heavy (non-hydrogen) atoms. The monoisotopic (exact) mass is 427 g/mol. The van der Waals surface area contributed by atoms with Crippen molar-refractivity contribution < 1.29 is 18.7 Å². The highest BCUT2D eigenvalue weighted by molar-refractivity contribution is 8.00. The van der Waals surface area contributed by atoms with E-state index in [9.17, 15) is 0 Å². The van der Waals surface area contributed by atoms with Crippen LogP contribution in [-0.2, 0) is 0 Å². The molecule has 0 saturated heterocycles.